The van der Waals surface area contributed by atoms with E-state index in [0.29, 0.717) is 41.4 Å². The lowest BCUT2D eigenvalue weighted by Crippen LogP contribution is -2.35. The Morgan fingerprint density at radius 1 is 0.943 bits per heavy atom. The minimum Gasteiger partial charge on any atom is -0.485 e. The zero-order valence-corrected chi connectivity index (χ0v) is 20.7. The SMILES string of the molecule is Cc1cc(C(=O)COc2ccc(S(=O)(=O)N3CCCCC3)cc2)c(C)n1NC(=O)c1ccccc1. The van der Waals surface area contributed by atoms with Crippen molar-refractivity contribution in [1.82, 2.24) is 8.98 Å². The Labute approximate surface area is 205 Å². The second-order valence-corrected chi connectivity index (χ2v) is 10.5. The number of carbonyl (C=O) groups is 2. The van der Waals surface area contributed by atoms with Crippen molar-refractivity contribution >= 4 is 21.7 Å². The molecule has 1 aromatic heterocycles. The molecule has 1 fully saturated rings. The van der Waals surface area contributed by atoms with Crippen molar-refractivity contribution in [3.63, 3.8) is 0 Å². The summed E-state index contributed by atoms with van der Waals surface area (Å²) in [5, 5.41) is 0. The molecule has 4 rings (SSSR count). The molecule has 2 heterocycles. The molecule has 1 amide bonds. The first-order chi connectivity index (χ1) is 16.8. The summed E-state index contributed by atoms with van der Waals surface area (Å²) < 4.78 is 34.3. The lowest BCUT2D eigenvalue weighted by atomic mass is 10.1. The van der Waals surface area contributed by atoms with Crippen molar-refractivity contribution in [1.29, 1.82) is 0 Å². The maximum Gasteiger partial charge on any atom is 0.270 e. The highest BCUT2D eigenvalue weighted by Crippen LogP contribution is 2.23. The Bertz CT molecular complexity index is 1310. The lowest BCUT2D eigenvalue weighted by molar-refractivity contribution is 0.0919. The van der Waals surface area contributed by atoms with Gasteiger partial charge >= 0.3 is 0 Å². The Hall–Kier alpha value is -3.43. The molecule has 0 radical (unpaired) electrons. The van der Waals surface area contributed by atoms with Gasteiger partial charge in [0.05, 0.1) is 4.90 Å². The zero-order valence-electron chi connectivity index (χ0n) is 19.9. The first kappa shape index (κ1) is 24.7. The molecule has 1 saturated heterocycles. The number of nitrogens with zero attached hydrogens (tertiary/aromatic N) is 2. The summed E-state index contributed by atoms with van der Waals surface area (Å²) >= 11 is 0. The molecule has 0 spiro atoms. The maximum atomic E-state index is 12.8. The molecule has 0 saturated carbocycles. The van der Waals surface area contributed by atoms with Gasteiger partial charge in [-0.25, -0.2) is 8.42 Å². The number of aryl methyl sites for hydroxylation is 1. The van der Waals surface area contributed by atoms with Gasteiger partial charge < -0.3 is 4.74 Å². The first-order valence-electron chi connectivity index (χ1n) is 11.6. The van der Waals surface area contributed by atoms with Crippen LogP contribution in [0.3, 0.4) is 0 Å². The summed E-state index contributed by atoms with van der Waals surface area (Å²) in [7, 11) is -3.52. The molecule has 8 nitrogen and oxygen atoms in total. The van der Waals surface area contributed by atoms with Crippen LogP contribution < -0.4 is 10.2 Å². The number of rotatable bonds is 8. The number of piperidine rings is 1. The van der Waals surface area contributed by atoms with Crippen molar-refractivity contribution in [3.05, 3.63) is 83.2 Å². The van der Waals surface area contributed by atoms with E-state index in [0.717, 1.165) is 19.3 Å². The number of sulfonamides is 1. The molecule has 35 heavy (non-hydrogen) atoms. The monoisotopic (exact) mass is 495 g/mol. The van der Waals surface area contributed by atoms with Gasteiger partial charge in [-0.05, 0) is 69.2 Å². The van der Waals surface area contributed by atoms with Crippen LogP contribution in [0.5, 0.6) is 5.75 Å². The second-order valence-electron chi connectivity index (χ2n) is 8.58. The fraction of sp³-hybridized carbons (Fsp3) is 0.308. The van der Waals surface area contributed by atoms with Gasteiger partial charge in [0, 0.05) is 35.6 Å². The van der Waals surface area contributed by atoms with Gasteiger partial charge in [0.1, 0.15) is 5.75 Å². The summed E-state index contributed by atoms with van der Waals surface area (Å²) in [5.74, 6) is -0.118. The molecular weight excluding hydrogens is 466 g/mol. The molecule has 1 N–H and O–H groups in total. The summed E-state index contributed by atoms with van der Waals surface area (Å²) in [5.41, 5.74) is 5.09. The number of amides is 1. The average Bonchev–Trinajstić information content (AvgIpc) is 3.17. The van der Waals surface area contributed by atoms with Crippen LogP contribution >= 0.6 is 0 Å². The number of ketones is 1. The minimum atomic E-state index is -3.52. The number of benzene rings is 2. The predicted octanol–water partition coefficient (Wildman–Crippen LogP) is 3.93. The minimum absolute atomic E-state index is 0.213. The molecule has 0 unspecified atom stereocenters. The van der Waals surface area contributed by atoms with Gasteiger partial charge in [0.15, 0.2) is 6.61 Å². The molecule has 3 aromatic rings. The van der Waals surface area contributed by atoms with E-state index in [1.54, 1.807) is 61.0 Å². The topological polar surface area (TPSA) is 97.7 Å². The average molecular weight is 496 g/mol. The van der Waals surface area contributed by atoms with Crippen molar-refractivity contribution < 1.29 is 22.7 Å². The van der Waals surface area contributed by atoms with Crippen LogP contribution in [0.2, 0.25) is 0 Å². The van der Waals surface area contributed by atoms with E-state index in [1.807, 2.05) is 6.07 Å². The van der Waals surface area contributed by atoms with E-state index in [9.17, 15) is 18.0 Å². The highest BCUT2D eigenvalue weighted by Gasteiger charge is 2.26. The van der Waals surface area contributed by atoms with Gasteiger partial charge in [0.2, 0.25) is 15.8 Å². The summed E-state index contributed by atoms with van der Waals surface area (Å²) in [6.07, 6.45) is 2.80. The number of carbonyl (C=O) groups excluding carboxylic acids is 2. The fourth-order valence-electron chi connectivity index (χ4n) is 4.16. The Kier molecular flexibility index (Phi) is 7.37. The lowest BCUT2D eigenvalue weighted by Gasteiger charge is -2.25. The zero-order chi connectivity index (χ0) is 25.0. The third-order valence-electron chi connectivity index (χ3n) is 6.13. The van der Waals surface area contributed by atoms with E-state index >= 15 is 0 Å². The number of nitrogens with one attached hydrogen (secondary N) is 1. The molecule has 1 aliphatic heterocycles. The van der Waals surface area contributed by atoms with Crippen molar-refractivity contribution in [2.24, 2.45) is 0 Å². The van der Waals surface area contributed by atoms with Crippen LogP contribution in [0.15, 0.2) is 65.6 Å². The summed E-state index contributed by atoms with van der Waals surface area (Å²) in [4.78, 5) is 25.6. The molecule has 0 bridgehead atoms. The molecule has 9 heteroatoms. The fourth-order valence-corrected chi connectivity index (χ4v) is 5.68. The first-order valence-corrected chi connectivity index (χ1v) is 13.0. The smallest absolute Gasteiger partial charge is 0.270 e. The van der Waals surface area contributed by atoms with Crippen LogP contribution in [0.4, 0.5) is 0 Å². The van der Waals surface area contributed by atoms with Crippen LogP contribution in [0.25, 0.3) is 0 Å². The van der Waals surface area contributed by atoms with E-state index in [1.165, 1.54) is 16.4 Å². The second kappa shape index (κ2) is 10.5. The standard InChI is InChI=1S/C26H29N3O5S/c1-19-17-24(20(2)29(19)27-26(31)21-9-5-3-6-10-21)25(30)18-34-22-11-13-23(14-12-22)35(32,33)28-15-7-4-8-16-28/h3,5-6,9-14,17H,4,7-8,15-16,18H2,1-2H3,(H,27,31). The predicted molar refractivity (Wildman–Crippen MR) is 133 cm³/mol. The maximum absolute atomic E-state index is 12.8. The number of aromatic nitrogens is 1. The molecule has 184 valence electrons. The summed E-state index contributed by atoms with van der Waals surface area (Å²) in [6, 6.07) is 16.7. The van der Waals surface area contributed by atoms with E-state index in [-0.39, 0.29) is 23.2 Å². The Balaban J connectivity index is 1.40. The van der Waals surface area contributed by atoms with Crippen molar-refractivity contribution in [2.75, 3.05) is 25.1 Å². The third-order valence-corrected chi connectivity index (χ3v) is 8.04. The van der Waals surface area contributed by atoms with Gasteiger partial charge in [-0.2, -0.15) is 4.31 Å². The third kappa shape index (κ3) is 5.47. The Morgan fingerprint density at radius 3 is 2.26 bits per heavy atom. The number of hydrogen-bond acceptors (Lipinski definition) is 5. The van der Waals surface area contributed by atoms with Gasteiger partial charge in [-0.3, -0.25) is 19.7 Å². The molecule has 0 aliphatic carbocycles. The quantitative estimate of drug-likeness (QED) is 0.478. The van der Waals surface area contributed by atoms with Crippen LogP contribution in [-0.2, 0) is 10.0 Å². The van der Waals surface area contributed by atoms with Crippen molar-refractivity contribution in [3.8, 4) is 5.75 Å². The van der Waals surface area contributed by atoms with Crippen LogP contribution in [0, 0.1) is 13.8 Å². The highest BCUT2D eigenvalue weighted by molar-refractivity contribution is 7.89. The highest BCUT2D eigenvalue weighted by atomic mass is 32.2. The van der Waals surface area contributed by atoms with E-state index < -0.39 is 10.0 Å². The van der Waals surface area contributed by atoms with E-state index in [2.05, 4.69) is 5.43 Å². The number of hydrogen-bond donors (Lipinski definition) is 1. The largest absolute Gasteiger partial charge is 0.485 e. The van der Waals surface area contributed by atoms with E-state index in [4.69, 9.17) is 4.74 Å². The van der Waals surface area contributed by atoms with Crippen LogP contribution in [0.1, 0.15) is 51.4 Å². The van der Waals surface area contributed by atoms with Crippen LogP contribution in [-0.4, -0.2) is 48.8 Å². The molecular formula is C26H29N3O5S. The molecule has 2 aromatic carbocycles. The van der Waals surface area contributed by atoms with Crippen molar-refractivity contribution in [2.45, 2.75) is 38.0 Å². The van der Waals surface area contributed by atoms with Gasteiger partial charge in [-0.1, -0.05) is 24.6 Å². The van der Waals surface area contributed by atoms with Gasteiger partial charge in [0.25, 0.3) is 5.91 Å². The van der Waals surface area contributed by atoms with Gasteiger partial charge in [-0.15, -0.1) is 0 Å². The number of ether oxygens (including phenoxy) is 1. The Morgan fingerprint density at radius 2 is 1.60 bits per heavy atom. The summed E-state index contributed by atoms with van der Waals surface area (Å²) in [6.45, 7) is 4.43. The molecule has 1 aliphatic rings. The molecule has 0 atom stereocenters. The normalized spacial score (nSPS) is 14.5. The number of Topliss-reactive ketones (excluding diaryl/α,β-unsaturated/α-hetero) is 1.